The maximum absolute atomic E-state index is 11.9. The first-order chi connectivity index (χ1) is 8.57. The van der Waals surface area contributed by atoms with E-state index < -0.39 is 5.60 Å². The molecule has 1 aliphatic heterocycles. The Balaban J connectivity index is 2.39. The van der Waals surface area contributed by atoms with Crippen molar-refractivity contribution < 1.29 is 9.53 Å². The highest BCUT2D eigenvalue weighted by Gasteiger charge is 2.29. The molecule has 0 saturated carbocycles. The molecule has 110 valence electrons. The van der Waals surface area contributed by atoms with Crippen molar-refractivity contribution in [3.8, 4) is 0 Å². The first kappa shape index (κ1) is 16.3. The van der Waals surface area contributed by atoms with Gasteiger partial charge in [0.1, 0.15) is 5.60 Å². The van der Waals surface area contributed by atoms with Gasteiger partial charge in [-0.1, -0.05) is 0 Å². The number of carbonyl (C=O) groups excluding carboxylic acids is 1. The summed E-state index contributed by atoms with van der Waals surface area (Å²) in [6.07, 6.45) is 2.72. The summed E-state index contributed by atoms with van der Waals surface area (Å²) in [6, 6.07) is 0. The molecule has 1 fully saturated rings. The van der Waals surface area contributed by atoms with E-state index >= 15 is 0 Å². The van der Waals surface area contributed by atoms with Gasteiger partial charge < -0.3 is 9.64 Å². The van der Waals surface area contributed by atoms with E-state index in [-0.39, 0.29) is 10.8 Å². The second-order valence-corrected chi connectivity index (χ2v) is 8.55. The van der Waals surface area contributed by atoms with Crippen LogP contribution >= 0.6 is 11.9 Å². The van der Waals surface area contributed by atoms with Gasteiger partial charge in [0.2, 0.25) is 0 Å². The molecule has 0 aromatic heterocycles. The van der Waals surface area contributed by atoms with Gasteiger partial charge in [0.05, 0.1) is 0 Å². The lowest BCUT2D eigenvalue weighted by Gasteiger charge is -2.24. The quantitative estimate of drug-likeness (QED) is 0.573. The lowest BCUT2D eigenvalue weighted by Crippen LogP contribution is -2.35. The highest BCUT2D eigenvalue weighted by Crippen LogP contribution is 2.25. The van der Waals surface area contributed by atoms with Gasteiger partial charge in [-0.3, -0.25) is 0 Å². The molecule has 0 aliphatic carbocycles. The zero-order valence-corrected chi connectivity index (χ0v) is 13.7. The lowest BCUT2D eigenvalue weighted by atomic mass is 10.1. The van der Waals surface area contributed by atoms with Gasteiger partial charge in [0.15, 0.2) is 0 Å². The Morgan fingerprint density at radius 2 is 1.95 bits per heavy atom. The third-order valence-electron chi connectivity index (χ3n) is 2.47. The summed E-state index contributed by atoms with van der Waals surface area (Å²) in [5.74, 6) is 0.349. The number of hydrogen-bond donors (Lipinski definition) is 0. The van der Waals surface area contributed by atoms with E-state index in [0.29, 0.717) is 12.5 Å². The number of carbonyl (C=O) groups is 1. The van der Waals surface area contributed by atoms with E-state index in [0.717, 1.165) is 13.0 Å². The van der Waals surface area contributed by atoms with Gasteiger partial charge in [0.25, 0.3) is 0 Å². The summed E-state index contributed by atoms with van der Waals surface area (Å²) >= 11 is 1.57. The molecule has 0 spiro atoms. The number of ether oxygens (including phenoxy) is 1. The molecule has 0 radical (unpaired) electrons. The van der Waals surface area contributed by atoms with Gasteiger partial charge in [-0.05, 0) is 59.9 Å². The SMILES string of the molecule is CC(C)(C)OC(=O)N1CCC(/C=N/SC(C)(C)C)C1. The summed E-state index contributed by atoms with van der Waals surface area (Å²) in [5, 5.41) is 0. The van der Waals surface area contributed by atoms with Crippen molar-refractivity contribution in [3.05, 3.63) is 0 Å². The normalized spacial score (nSPS) is 21.2. The second kappa shape index (κ2) is 6.16. The molecule has 1 amide bonds. The van der Waals surface area contributed by atoms with Crippen molar-refractivity contribution in [1.82, 2.24) is 4.90 Å². The Labute approximate surface area is 121 Å². The van der Waals surface area contributed by atoms with E-state index in [1.165, 1.54) is 0 Å². The molecule has 0 aromatic carbocycles. The molecule has 1 unspecified atom stereocenters. The lowest BCUT2D eigenvalue weighted by molar-refractivity contribution is 0.0292. The summed E-state index contributed by atoms with van der Waals surface area (Å²) in [5.41, 5.74) is -0.425. The Kier molecular flexibility index (Phi) is 5.30. The minimum atomic E-state index is -0.425. The van der Waals surface area contributed by atoms with Crippen LogP contribution in [0.2, 0.25) is 0 Å². The van der Waals surface area contributed by atoms with Crippen LogP contribution in [0.1, 0.15) is 48.0 Å². The van der Waals surface area contributed by atoms with Crippen LogP contribution < -0.4 is 0 Å². The third kappa shape index (κ3) is 6.85. The number of rotatable bonds is 2. The van der Waals surface area contributed by atoms with E-state index in [1.807, 2.05) is 27.0 Å². The molecule has 0 N–H and O–H groups in total. The molecule has 1 rings (SSSR count). The monoisotopic (exact) mass is 286 g/mol. The Morgan fingerprint density at radius 3 is 2.47 bits per heavy atom. The zero-order valence-electron chi connectivity index (χ0n) is 12.9. The summed E-state index contributed by atoms with van der Waals surface area (Å²) in [7, 11) is 0. The minimum Gasteiger partial charge on any atom is -0.444 e. The highest BCUT2D eigenvalue weighted by atomic mass is 32.2. The van der Waals surface area contributed by atoms with Crippen LogP contribution in [-0.4, -0.2) is 40.6 Å². The van der Waals surface area contributed by atoms with Gasteiger partial charge in [-0.15, -0.1) is 0 Å². The number of amides is 1. The van der Waals surface area contributed by atoms with Crippen LogP contribution in [-0.2, 0) is 4.74 Å². The van der Waals surface area contributed by atoms with Gasteiger partial charge in [0, 0.05) is 30.0 Å². The fourth-order valence-electron chi connectivity index (χ4n) is 1.68. The van der Waals surface area contributed by atoms with Crippen LogP contribution in [0.5, 0.6) is 0 Å². The fraction of sp³-hybridized carbons (Fsp3) is 0.857. The predicted molar refractivity (Wildman–Crippen MR) is 81.8 cm³/mol. The molecule has 1 heterocycles. The molecule has 0 aromatic rings. The maximum atomic E-state index is 11.9. The van der Waals surface area contributed by atoms with E-state index in [9.17, 15) is 4.79 Å². The number of nitrogens with zero attached hydrogens (tertiary/aromatic N) is 2. The van der Waals surface area contributed by atoms with E-state index in [2.05, 4.69) is 25.2 Å². The smallest absolute Gasteiger partial charge is 0.410 e. The van der Waals surface area contributed by atoms with E-state index in [1.54, 1.807) is 16.8 Å². The molecular formula is C14H26N2O2S. The minimum absolute atomic E-state index is 0.139. The topological polar surface area (TPSA) is 41.9 Å². The van der Waals surface area contributed by atoms with Crippen LogP contribution in [0.25, 0.3) is 0 Å². The Hall–Kier alpha value is -0.710. The average molecular weight is 286 g/mol. The zero-order chi connectivity index (χ0) is 14.7. The van der Waals surface area contributed by atoms with Gasteiger partial charge >= 0.3 is 6.09 Å². The molecule has 1 saturated heterocycles. The van der Waals surface area contributed by atoms with Crippen LogP contribution in [0, 0.1) is 5.92 Å². The summed E-state index contributed by atoms with van der Waals surface area (Å²) in [4.78, 5) is 13.7. The number of hydrogen-bond acceptors (Lipinski definition) is 4. The molecule has 1 aliphatic rings. The fourth-order valence-corrected chi connectivity index (χ4v) is 2.23. The molecule has 5 heteroatoms. The first-order valence-corrected chi connectivity index (χ1v) is 7.54. The van der Waals surface area contributed by atoms with Crippen molar-refractivity contribution in [2.24, 2.45) is 10.3 Å². The second-order valence-electron chi connectivity index (χ2n) is 6.93. The highest BCUT2D eigenvalue weighted by molar-refractivity contribution is 7.99. The van der Waals surface area contributed by atoms with Crippen molar-refractivity contribution in [1.29, 1.82) is 0 Å². The molecule has 4 nitrogen and oxygen atoms in total. The molecular weight excluding hydrogens is 260 g/mol. The van der Waals surface area contributed by atoms with Crippen LogP contribution in [0.4, 0.5) is 4.79 Å². The van der Waals surface area contributed by atoms with E-state index in [4.69, 9.17) is 4.74 Å². The van der Waals surface area contributed by atoms with Gasteiger partial charge in [-0.2, -0.15) is 0 Å². The standard InChI is InChI=1S/C14H26N2O2S/c1-13(2,3)18-12(17)16-8-7-11(10-16)9-15-19-14(4,5)6/h9,11H,7-8,10H2,1-6H3/b15-9+. The Morgan fingerprint density at radius 1 is 1.32 bits per heavy atom. The predicted octanol–water partition coefficient (Wildman–Crippen LogP) is 3.76. The molecule has 0 bridgehead atoms. The van der Waals surface area contributed by atoms with Crippen molar-refractivity contribution >= 4 is 24.3 Å². The molecule has 1 atom stereocenters. The molecule has 19 heavy (non-hydrogen) atoms. The largest absolute Gasteiger partial charge is 0.444 e. The first-order valence-electron chi connectivity index (χ1n) is 6.76. The van der Waals surface area contributed by atoms with Crippen molar-refractivity contribution in [2.45, 2.75) is 58.3 Å². The van der Waals surface area contributed by atoms with Crippen molar-refractivity contribution in [2.75, 3.05) is 13.1 Å². The van der Waals surface area contributed by atoms with Gasteiger partial charge in [-0.25, -0.2) is 9.19 Å². The Bertz CT molecular complexity index is 342. The average Bonchev–Trinajstić information content (AvgIpc) is 2.61. The summed E-state index contributed by atoms with van der Waals surface area (Å²) < 4.78 is 9.91. The third-order valence-corrected chi connectivity index (χ3v) is 3.25. The summed E-state index contributed by atoms with van der Waals surface area (Å²) in [6.45, 7) is 13.5. The maximum Gasteiger partial charge on any atom is 0.410 e. The van der Waals surface area contributed by atoms with Crippen LogP contribution in [0.3, 0.4) is 0 Å². The van der Waals surface area contributed by atoms with Crippen LogP contribution in [0.15, 0.2) is 4.40 Å². The van der Waals surface area contributed by atoms with Crippen molar-refractivity contribution in [3.63, 3.8) is 0 Å². The number of likely N-dealkylation sites (tertiary alicyclic amines) is 1.